The highest BCUT2D eigenvalue weighted by Crippen LogP contribution is 2.37. The van der Waals surface area contributed by atoms with Crippen molar-refractivity contribution in [3.05, 3.63) is 78.6 Å². The molecule has 0 aliphatic heterocycles. The third-order valence-corrected chi connectivity index (χ3v) is 4.06. The molecule has 4 rings (SSSR count). The van der Waals surface area contributed by atoms with Crippen LogP contribution in [0.15, 0.2) is 72.9 Å². The summed E-state index contributed by atoms with van der Waals surface area (Å²) in [5, 5.41) is 4.57. The summed E-state index contributed by atoms with van der Waals surface area (Å²) in [5.74, 6) is 0. The molecule has 0 saturated heterocycles. The zero-order valence-electron chi connectivity index (χ0n) is 12.0. The highest BCUT2D eigenvalue weighted by Gasteiger charge is 2.13. The van der Waals surface area contributed by atoms with Crippen molar-refractivity contribution < 1.29 is 4.39 Å². The van der Waals surface area contributed by atoms with E-state index in [1.54, 1.807) is 6.20 Å². The number of pyridine rings is 1. The van der Waals surface area contributed by atoms with Crippen LogP contribution in [0.25, 0.3) is 32.7 Å². The summed E-state index contributed by atoms with van der Waals surface area (Å²) in [6.07, 6.45) is 1.64. The number of aromatic nitrogens is 1. The highest BCUT2D eigenvalue weighted by molar-refractivity contribution is 6.12. The summed E-state index contributed by atoms with van der Waals surface area (Å²) < 4.78 is 13.4. The SMILES string of the molecule is FCc1ncccc1-c1c2ccccc2cc2ccccc12. The maximum absolute atomic E-state index is 13.4. The molecule has 106 valence electrons. The number of rotatable bonds is 2. The number of fused-ring (bicyclic) bond motifs is 2. The zero-order valence-corrected chi connectivity index (χ0v) is 12.0. The van der Waals surface area contributed by atoms with Crippen molar-refractivity contribution in [3.63, 3.8) is 0 Å². The van der Waals surface area contributed by atoms with Crippen LogP contribution in [0.1, 0.15) is 5.69 Å². The molecule has 0 saturated carbocycles. The van der Waals surface area contributed by atoms with Crippen LogP contribution in [0.2, 0.25) is 0 Å². The molecular formula is C20H14FN. The maximum atomic E-state index is 13.4. The van der Waals surface area contributed by atoms with Gasteiger partial charge in [-0.05, 0) is 39.2 Å². The third kappa shape index (κ3) is 1.96. The lowest BCUT2D eigenvalue weighted by atomic mass is 9.91. The molecule has 0 fully saturated rings. The largest absolute Gasteiger partial charge is 0.258 e. The van der Waals surface area contributed by atoms with E-state index < -0.39 is 6.67 Å². The van der Waals surface area contributed by atoms with Gasteiger partial charge < -0.3 is 0 Å². The Labute approximate surface area is 128 Å². The van der Waals surface area contributed by atoms with E-state index in [4.69, 9.17) is 0 Å². The summed E-state index contributed by atoms with van der Waals surface area (Å²) in [6.45, 7) is -0.562. The summed E-state index contributed by atoms with van der Waals surface area (Å²) in [7, 11) is 0. The molecule has 2 heteroatoms. The van der Waals surface area contributed by atoms with E-state index in [0.717, 1.165) is 32.7 Å². The van der Waals surface area contributed by atoms with Gasteiger partial charge in [0.25, 0.3) is 0 Å². The van der Waals surface area contributed by atoms with Crippen LogP contribution in [0.4, 0.5) is 4.39 Å². The van der Waals surface area contributed by atoms with Crippen molar-refractivity contribution >= 4 is 21.5 Å². The van der Waals surface area contributed by atoms with Crippen molar-refractivity contribution in [2.45, 2.75) is 6.67 Å². The number of hydrogen-bond acceptors (Lipinski definition) is 1. The molecule has 0 amide bonds. The molecule has 0 aliphatic carbocycles. The minimum atomic E-state index is -0.562. The van der Waals surface area contributed by atoms with E-state index in [1.165, 1.54) is 0 Å². The normalized spacial score (nSPS) is 11.1. The lowest BCUT2D eigenvalue weighted by molar-refractivity contribution is 0.477. The standard InChI is InChI=1S/C20H14FN/c21-13-19-18(10-5-11-22-19)20-16-8-3-1-6-14(16)12-15-7-2-4-9-17(15)20/h1-12H,13H2. The van der Waals surface area contributed by atoms with Gasteiger partial charge >= 0.3 is 0 Å². The van der Waals surface area contributed by atoms with Crippen LogP contribution < -0.4 is 0 Å². The molecule has 4 aromatic rings. The fraction of sp³-hybridized carbons (Fsp3) is 0.0500. The molecule has 0 spiro atoms. The summed E-state index contributed by atoms with van der Waals surface area (Å²) >= 11 is 0. The number of hydrogen-bond donors (Lipinski definition) is 0. The van der Waals surface area contributed by atoms with E-state index in [1.807, 2.05) is 36.4 Å². The Morgan fingerprint density at radius 2 is 1.41 bits per heavy atom. The van der Waals surface area contributed by atoms with E-state index in [0.29, 0.717) is 5.69 Å². The average molecular weight is 287 g/mol. The Hall–Kier alpha value is -2.74. The molecule has 0 unspecified atom stereocenters. The first-order valence-electron chi connectivity index (χ1n) is 7.29. The fourth-order valence-electron chi connectivity index (χ4n) is 3.08. The van der Waals surface area contributed by atoms with Crippen LogP contribution in [0, 0.1) is 0 Å². The molecule has 1 nitrogen and oxygen atoms in total. The summed E-state index contributed by atoms with van der Waals surface area (Å²) in [6, 6.07) is 22.5. The molecule has 0 radical (unpaired) electrons. The zero-order chi connectivity index (χ0) is 14.9. The lowest BCUT2D eigenvalue weighted by Crippen LogP contribution is -1.93. The molecule has 1 heterocycles. The second kappa shape index (κ2) is 5.23. The molecule has 0 N–H and O–H groups in total. The molecular weight excluding hydrogens is 273 g/mol. The maximum Gasteiger partial charge on any atom is 0.132 e. The van der Waals surface area contributed by atoms with E-state index in [-0.39, 0.29) is 0 Å². The van der Waals surface area contributed by atoms with Crippen molar-refractivity contribution in [2.24, 2.45) is 0 Å². The van der Waals surface area contributed by atoms with Crippen molar-refractivity contribution in [2.75, 3.05) is 0 Å². The van der Waals surface area contributed by atoms with Crippen molar-refractivity contribution in [3.8, 4) is 11.1 Å². The van der Waals surface area contributed by atoms with Gasteiger partial charge in [0.2, 0.25) is 0 Å². The van der Waals surface area contributed by atoms with Gasteiger partial charge in [0.1, 0.15) is 6.67 Å². The lowest BCUT2D eigenvalue weighted by Gasteiger charge is -2.13. The van der Waals surface area contributed by atoms with Crippen LogP contribution >= 0.6 is 0 Å². The van der Waals surface area contributed by atoms with Crippen molar-refractivity contribution in [1.82, 2.24) is 4.98 Å². The second-order valence-corrected chi connectivity index (χ2v) is 5.33. The van der Waals surface area contributed by atoms with Crippen LogP contribution in [-0.4, -0.2) is 4.98 Å². The smallest absolute Gasteiger partial charge is 0.132 e. The van der Waals surface area contributed by atoms with Gasteiger partial charge in [0.15, 0.2) is 0 Å². The number of nitrogens with zero attached hydrogens (tertiary/aromatic N) is 1. The average Bonchev–Trinajstić information content (AvgIpc) is 2.59. The first-order chi connectivity index (χ1) is 10.9. The predicted octanol–water partition coefficient (Wildman–Crippen LogP) is 5.52. The van der Waals surface area contributed by atoms with Gasteiger partial charge in [-0.25, -0.2) is 4.39 Å². The Kier molecular flexibility index (Phi) is 3.08. The Morgan fingerprint density at radius 3 is 2.05 bits per heavy atom. The molecule has 3 aromatic carbocycles. The van der Waals surface area contributed by atoms with Crippen molar-refractivity contribution in [1.29, 1.82) is 0 Å². The van der Waals surface area contributed by atoms with E-state index in [2.05, 4.69) is 35.3 Å². The topological polar surface area (TPSA) is 12.9 Å². The minimum absolute atomic E-state index is 0.490. The Balaban J connectivity index is 2.22. The Morgan fingerprint density at radius 1 is 0.773 bits per heavy atom. The van der Waals surface area contributed by atoms with Gasteiger partial charge in [-0.2, -0.15) is 0 Å². The van der Waals surface area contributed by atoms with Gasteiger partial charge in [0.05, 0.1) is 5.69 Å². The molecule has 0 aliphatic rings. The van der Waals surface area contributed by atoms with E-state index in [9.17, 15) is 4.39 Å². The quantitative estimate of drug-likeness (QED) is 0.442. The van der Waals surface area contributed by atoms with Gasteiger partial charge in [-0.1, -0.05) is 54.6 Å². The third-order valence-electron chi connectivity index (χ3n) is 4.06. The fourth-order valence-corrected chi connectivity index (χ4v) is 3.08. The first-order valence-corrected chi connectivity index (χ1v) is 7.29. The van der Waals surface area contributed by atoms with E-state index >= 15 is 0 Å². The molecule has 1 aromatic heterocycles. The van der Waals surface area contributed by atoms with Crippen LogP contribution in [-0.2, 0) is 6.67 Å². The second-order valence-electron chi connectivity index (χ2n) is 5.33. The monoisotopic (exact) mass is 287 g/mol. The predicted molar refractivity (Wildman–Crippen MR) is 89.5 cm³/mol. The highest BCUT2D eigenvalue weighted by atomic mass is 19.1. The number of benzene rings is 3. The molecule has 22 heavy (non-hydrogen) atoms. The minimum Gasteiger partial charge on any atom is -0.258 e. The van der Waals surface area contributed by atoms with Gasteiger partial charge in [0, 0.05) is 11.8 Å². The van der Waals surface area contributed by atoms with Crippen LogP contribution in [0.5, 0.6) is 0 Å². The molecule has 0 atom stereocenters. The van der Waals surface area contributed by atoms with Crippen LogP contribution in [0.3, 0.4) is 0 Å². The van der Waals surface area contributed by atoms with Gasteiger partial charge in [-0.3, -0.25) is 4.98 Å². The number of alkyl halides is 1. The summed E-state index contributed by atoms with van der Waals surface area (Å²) in [4.78, 5) is 4.21. The van der Waals surface area contributed by atoms with Gasteiger partial charge in [-0.15, -0.1) is 0 Å². The Bertz CT molecular complexity index is 921. The first kappa shape index (κ1) is 13.0. The molecule has 0 bridgehead atoms. The number of halogens is 1. The summed E-state index contributed by atoms with van der Waals surface area (Å²) in [5.41, 5.74) is 2.43.